The predicted molar refractivity (Wildman–Crippen MR) is 87.3 cm³/mol. The van der Waals surface area contributed by atoms with E-state index in [1.165, 1.54) is 12.8 Å². The van der Waals surface area contributed by atoms with Gasteiger partial charge in [0, 0.05) is 17.2 Å². The van der Waals surface area contributed by atoms with Crippen LogP contribution in [0.3, 0.4) is 0 Å². The molecule has 0 radical (unpaired) electrons. The van der Waals surface area contributed by atoms with Crippen molar-refractivity contribution in [3.05, 3.63) is 52.5 Å². The monoisotopic (exact) mass is 359 g/mol. The Hall–Kier alpha value is -1.62. The third-order valence-corrected chi connectivity index (χ3v) is 5.36. The molecule has 4 nitrogen and oxygen atoms in total. The van der Waals surface area contributed by atoms with Gasteiger partial charge in [0.2, 0.25) is 0 Å². The van der Waals surface area contributed by atoms with Crippen LogP contribution in [0.4, 0.5) is 0 Å². The number of carbonyl (C=O) groups is 1. The molecule has 114 valence electrons. The molecule has 0 bridgehead atoms. The number of nitrogens with zero attached hydrogens (tertiary/aromatic N) is 3. The summed E-state index contributed by atoms with van der Waals surface area (Å²) >= 11 is 3.46. The zero-order valence-electron chi connectivity index (χ0n) is 12.5. The van der Waals surface area contributed by atoms with Crippen molar-refractivity contribution in [1.82, 2.24) is 14.5 Å². The van der Waals surface area contributed by atoms with Gasteiger partial charge < -0.3 is 9.47 Å². The Morgan fingerprint density at radius 2 is 2.05 bits per heavy atom. The molecule has 1 fully saturated rings. The molecular formula is C17H18BrN3O. The molecule has 2 aliphatic rings. The molecule has 2 aromatic rings. The first-order chi connectivity index (χ1) is 10.6. The summed E-state index contributed by atoms with van der Waals surface area (Å²) in [6, 6.07) is 8.02. The Labute approximate surface area is 138 Å². The number of amides is 1. The highest BCUT2D eigenvalue weighted by molar-refractivity contribution is 9.10. The van der Waals surface area contributed by atoms with Gasteiger partial charge in [0.15, 0.2) is 0 Å². The van der Waals surface area contributed by atoms with Gasteiger partial charge in [0.25, 0.3) is 5.91 Å². The summed E-state index contributed by atoms with van der Waals surface area (Å²) in [5.74, 6) is 0.861. The lowest BCUT2D eigenvalue weighted by molar-refractivity contribution is -0.141. The lowest BCUT2D eigenvalue weighted by Crippen LogP contribution is -2.54. The number of fused-ring (bicyclic) bond motifs is 1. The smallest absolute Gasteiger partial charge is 0.253 e. The van der Waals surface area contributed by atoms with Crippen molar-refractivity contribution in [3.63, 3.8) is 0 Å². The van der Waals surface area contributed by atoms with E-state index in [2.05, 4.69) is 20.9 Å². The number of carbonyl (C=O) groups excluding carboxylic acids is 1. The largest absolute Gasteiger partial charge is 0.334 e. The van der Waals surface area contributed by atoms with E-state index in [1.54, 1.807) is 6.33 Å². The van der Waals surface area contributed by atoms with Gasteiger partial charge in [-0.15, -0.1) is 0 Å². The van der Waals surface area contributed by atoms with Gasteiger partial charge in [0.1, 0.15) is 5.54 Å². The van der Waals surface area contributed by atoms with E-state index >= 15 is 0 Å². The van der Waals surface area contributed by atoms with Crippen molar-refractivity contribution in [2.75, 3.05) is 6.54 Å². The fourth-order valence-electron chi connectivity index (χ4n) is 3.32. The van der Waals surface area contributed by atoms with Crippen LogP contribution in [-0.2, 0) is 16.9 Å². The second-order valence-electron chi connectivity index (χ2n) is 6.46. The summed E-state index contributed by atoms with van der Waals surface area (Å²) in [5, 5.41) is 0. The Morgan fingerprint density at radius 1 is 1.32 bits per heavy atom. The first-order valence-corrected chi connectivity index (χ1v) is 8.45. The summed E-state index contributed by atoms with van der Waals surface area (Å²) < 4.78 is 3.05. The molecule has 4 rings (SSSR count). The van der Waals surface area contributed by atoms with E-state index in [0.29, 0.717) is 12.5 Å². The lowest BCUT2D eigenvalue weighted by Gasteiger charge is -2.41. The highest BCUT2D eigenvalue weighted by atomic mass is 79.9. The van der Waals surface area contributed by atoms with E-state index in [1.807, 2.05) is 46.9 Å². The number of halogens is 1. The Morgan fingerprint density at radius 3 is 2.73 bits per heavy atom. The molecule has 2 heterocycles. The van der Waals surface area contributed by atoms with E-state index < -0.39 is 5.54 Å². The van der Waals surface area contributed by atoms with Crippen LogP contribution in [0.5, 0.6) is 0 Å². The van der Waals surface area contributed by atoms with Crippen LogP contribution in [0.25, 0.3) is 0 Å². The zero-order valence-corrected chi connectivity index (χ0v) is 14.1. The van der Waals surface area contributed by atoms with Crippen LogP contribution < -0.4 is 0 Å². The average molecular weight is 360 g/mol. The number of benzene rings is 1. The van der Waals surface area contributed by atoms with E-state index in [9.17, 15) is 4.79 Å². The molecule has 0 saturated heterocycles. The second kappa shape index (κ2) is 4.95. The Kier molecular flexibility index (Phi) is 3.15. The maximum absolute atomic E-state index is 13.2. The van der Waals surface area contributed by atoms with Crippen molar-refractivity contribution in [2.24, 2.45) is 5.92 Å². The van der Waals surface area contributed by atoms with Crippen LogP contribution in [0, 0.1) is 5.92 Å². The Balaban J connectivity index is 1.81. The van der Waals surface area contributed by atoms with Gasteiger partial charge in [-0.2, -0.15) is 0 Å². The van der Waals surface area contributed by atoms with Crippen molar-refractivity contribution in [3.8, 4) is 0 Å². The topological polar surface area (TPSA) is 38.1 Å². The Bertz CT molecular complexity index is 720. The maximum atomic E-state index is 13.2. The van der Waals surface area contributed by atoms with Gasteiger partial charge in [-0.05, 0) is 43.4 Å². The van der Waals surface area contributed by atoms with Crippen molar-refractivity contribution in [2.45, 2.75) is 31.8 Å². The summed E-state index contributed by atoms with van der Waals surface area (Å²) in [5.41, 5.74) is 1.39. The molecule has 1 unspecified atom stereocenters. The molecule has 0 N–H and O–H groups in total. The minimum Gasteiger partial charge on any atom is -0.334 e. The number of imidazole rings is 1. The third-order valence-electron chi connectivity index (χ3n) is 4.84. The molecule has 1 aromatic carbocycles. The zero-order chi connectivity index (χ0) is 15.3. The minimum atomic E-state index is -0.709. The molecule has 1 saturated carbocycles. The molecule has 22 heavy (non-hydrogen) atoms. The number of hydrogen-bond donors (Lipinski definition) is 0. The maximum Gasteiger partial charge on any atom is 0.253 e. The molecule has 1 amide bonds. The second-order valence-corrected chi connectivity index (χ2v) is 7.38. The first kappa shape index (κ1) is 14.0. The number of aromatic nitrogens is 2. The summed E-state index contributed by atoms with van der Waals surface area (Å²) in [4.78, 5) is 19.5. The fraction of sp³-hybridized carbons (Fsp3) is 0.412. The normalized spacial score (nSPS) is 24.5. The summed E-state index contributed by atoms with van der Waals surface area (Å²) in [7, 11) is 0. The van der Waals surface area contributed by atoms with Crippen LogP contribution in [0.15, 0.2) is 41.3 Å². The van der Waals surface area contributed by atoms with Crippen molar-refractivity contribution < 1.29 is 4.79 Å². The highest BCUT2D eigenvalue weighted by Crippen LogP contribution is 2.37. The van der Waals surface area contributed by atoms with Crippen molar-refractivity contribution in [1.29, 1.82) is 0 Å². The van der Waals surface area contributed by atoms with Gasteiger partial charge >= 0.3 is 0 Å². The molecule has 1 aliphatic heterocycles. The standard InChI is InChI=1S/C17H18BrN3O/c1-17(13-4-6-14(18)7-5-13)16(22)20(9-12-2-3-12)10-15-8-19-11-21(15)17/h4-8,11-12H,2-3,9-10H2,1H3. The summed E-state index contributed by atoms with van der Waals surface area (Å²) in [6.07, 6.45) is 6.16. The molecule has 1 aromatic heterocycles. The molecule has 1 aliphatic carbocycles. The highest BCUT2D eigenvalue weighted by Gasteiger charge is 2.45. The van der Waals surface area contributed by atoms with Crippen molar-refractivity contribution >= 4 is 21.8 Å². The minimum absolute atomic E-state index is 0.173. The third kappa shape index (κ3) is 2.10. The average Bonchev–Trinajstić information content (AvgIpc) is 3.20. The quantitative estimate of drug-likeness (QED) is 0.843. The van der Waals surface area contributed by atoms with E-state index in [-0.39, 0.29) is 5.91 Å². The van der Waals surface area contributed by atoms with Crippen LogP contribution in [0.1, 0.15) is 31.0 Å². The molecule has 1 atom stereocenters. The predicted octanol–water partition coefficient (Wildman–Crippen LogP) is 3.16. The van der Waals surface area contributed by atoms with Gasteiger partial charge in [-0.3, -0.25) is 4.79 Å². The van der Waals surface area contributed by atoms with Gasteiger partial charge in [0.05, 0.1) is 18.6 Å². The lowest BCUT2D eigenvalue weighted by atomic mass is 9.88. The van der Waals surface area contributed by atoms with E-state index in [0.717, 1.165) is 22.3 Å². The number of hydrogen-bond acceptors (Lipinski definition) is 2. The fourth-order valence-corrected chi connectivity index (χ4v) is 3.58. The summed E-state index contributed by atoms with van der Waals surface area (Å²) in [6.45, 7) is 3.54. The molecular weight excluding hydrogens is 342 g/mol. The number of rotatable bonds is 3. The van der Waals surface area contributed by atoms with Crippen LogP contribution in [-0.4, -0.2) is 26.9 Å². The SMILES string of the molecule is CC1(c2ccc(Br)cc2)C(=O)N(CC2CC2)Cc2cncn21. The van der Waals surface area contributed by atoms with Crippen LogP contribution >= 0.6 is 15.9 Å². The van der Waals surface area contributed by atoms with Gasteiger partial charge in [-0.1, -0.05) is 28.1 Å². The molecule has 0 spiro atoms. The van der Waals surface area contributed by atoms with Gasteiger partial charge in [-0.25, -0.2) is 4.98 Å². The first-order valence-electron chi connectivity index (χ1n) is 7.66. The van der Waals surface area contributed by atoms with Crippen LogP contribution in [0.2, 0.25) is 0 Å². The molecule has 5 heteroatoms. The van der Waals surface area contributed by atoms with E-state index in [4.69, 9.17) is 0 Å².